The number of hydrogen-bond acceptors (Lipinski definition) is 3. The molecule has 2 N–H and O–H groups in total. The minimum absolute atomic E-state index is 0.135. The molecule has 0 fully saturated rings. The first-order valence-electron chi connectivity index (χ1n) is 7.24. The molecule has 0 aliphatic heterocycles. The Balaban J connectivity index is 1.67. The molecule has 0 saturated carbocycles. The first-order chi connectivity index (χ1) is 11.5. The number of halogens is 2. The Kier molecular flexibility index (Phi) is 6.90. The molecule has 7 heteroatoms. The number of para-hydroxylation sites is 1. The summed E-state index contributed by atoms with van der Waals surface area (Å²) in [6, 6.07) is 13.9. The van der Waals surface area contributed by atoms with Gasteiger partial charge in [0.15, 0.2) is 0 Å². The highest BCUT2D eigenvalue weighted by Gasteiger charge is 2.07. The van der Waals surface area contributed by atoms with E-state index in [0.29, 0.717) is 21.5 Å². The van der Waals surface area contributed by atoms with Gasteiger partial charge in [-0.25, -0.2) is 0 Å². The van der Waals surface area contributed by atoms with E-state index in [0.717, 1.165) is 0 Å². The van der Waals surface area contributed by atoms with E-state index >= 15 is 0 Å². The molecule has 2 rings (SSSR count). The van der Waals surface area contributed by atoms with Crippen LogP contribution in [0.5, 0.6) is 5.75 Å². The molecule has 0 saturated heterocycles. The summed E-state index contributed by atoms with van der Waals surface area (Å²) in [5.41, 5.74) is 0.510. The van der Waals surface area contributed by atoms with Crippen molar-refractivity contribution >= 4 is 40.7 Å². The zero-order valence-corrected chi connectivity index (χ0v) is 14.2. The van der Waals surface area contributed by atoms with Crippen molar-refractivity contribution in [3.8, 4) is 5.75 Å². The van der Waals surface area contributed by atoms with E-state index in [4.69, 9.17) is 27.9 Å². The molecule has 0 aliphatic carbocycles. The predicted molar refractivity (Wildman–Crippen MR) is 94.7 cm³/mol. The maximum Gasteiger partial charge on any atom is 0.243 e. The van der Waals surface area contributed by atoms with E-state index in [-0.39, 0.29) is 31.4 Å². The Hall–Kier alpha value is -2.24. The Bertz CT molecular complexity index is 708. The number of benzene rings is 2. The summed E-state index contributed by atoms with van der Waals surface area (Å²) in [4.78, 5) is 23.5. The highest BCUT2D eigenvalue weighted by atomic mass is 35.5. The summed E-state index contributed by atoms with van der Waals surface area (Å²) in [7, 11) is 0. The number of ether oxygens (including phenoxy) is 1. The van der Waals surface area contributed by atoms with E-state index < -0.39 is 0 Å². The van der Waals surface area contributed by atoms with Crippen LogP contribution >= 0.6 is 23.2 Å². The van der Waals surface area contributed by atoms with E-state index in [1.807, 2.05) is 30.3 Å². The lowest BCUT2D eigenvalue weighted by molar-refractivity contribution is -0.124. The molecule has 24 heavy (non-hydrogen) atoms. The fourth-order valence-electron chi connectivity index (χ4n) is 1.82. The average Bonchev–Trinajstić information content (AvgIpc) is 2.57. The van der Waals surface area contributed by atoms with Gasteiger partial charge < -0.3 is 15.4 Å². The molecule has 0 heterocycles. The first-order valence-corrected chi connectivity index (χ1v) is 7.99. The van der Waals surface area contributed by atoms with Gasteiger partial charge in [-0.2, -0.15) is 0 Å². The van der Waals surface area contributed by atoms with Crippen LogP contribution in [0.25, 0.3) is 0 Å². The molecule has 2 aromatic rings. The lowest BCUT2D eigenvalue weighted by atomic mass is 10.3. The van der Waals surface area contributed by atoms with Crippen molar-refractivity contribution in [3.63, 3.8) is 0 Å². The van der Waals surface area contributed by atoms with Gasteiger partial charge in [0.05, 0.1) is 29.6 Å². The molecule has 5 nitrogen and oxygen atoms in total. The lowest BCUT2D eigenvalue weighted by Gasteiger charge is -2.08. The minimum atomic E-state index is -0.356. The SMILES string of the molecule is O=C(CCOc1ccccc1)NCC(=O)Nc1ccc(Cl)c(Cl)c1. The van der Waals surface area contributed by atoms with Crippen LogP contribution in [0.2, 0.25) is 10.0 Å². The number of anilines is 1. The Morgan fingerprint density at radius 1 is 0.958 bits per heavy atom. The number of rotatable bonds is 7. The van der Waals surface area contributed by atoms with Crippen molar-refractivity contribution in [2.45, 2.75) is 6.42 Å². The average molecular weight is 367 g/mol. The molecule has 0 bridgehead atoms. The summed E-state index contributed by atoms with van der Waals surface area (Å²) in [6.07, 6.45) is 0.162. The second-order valence-electron chi connectivity index (χ2n) is 4.87. The minimum Gasteiger partial charge on any atom is -0.493 e. The van der Waals surface area contributed by atoms with Crippen molar-refractivity contribution in [1.82, 2.24) is 5.32 Å². The quantitative estimate of drug-likeness (QED) is 0.787. The Morgan fingerprint density at radius 3 is 2.42 bits per heavy atom. The standard InChI is InChI=1S/C17H16Cl2N2O3/c18-14-7-6-12(10-15(14)19)21-17(23)11-20-16(22)8-9-24-13-4-2-1-3-5-13/h1-7,10H,8-9,11H2,(H,20,22)(H,21,23). The number of carbonyl (C=O) groups excluding carboxylic acids is 2. The lowest BCUT2D eigenvalue weighted by Crippen LogP contribution is -2.33. The highest BCUT2D eigenvalue weighted by molar-refractivity contribution is 6.42. The molecule has 0 aliphatic rings. The van der Waals surface area contributed by atoms with E-state index in [2.05, 4.69) is 10.6 Å². The van der Waals surface area contributed by atoms with Crippen LogP contribution in [-0.2, 0) is 9.59 Å². The molecule has 2 amide bonds. The summed E-state index contributed by atoms with van der Waals surface area (Å²) in [6.45, 7) is 0.106. The third kappa shape index (κ3) is 6.10. The molecule has 2 aromatic carbocycles. The summed E-state index contributed by atoms with van der Waals surface area (Å²) in [5.74, 6) is 0.0728. The fraction of sp³-hybridized carbons (Fsp3) is 0.176. The third-order valence-corrected chi connectivity index (χ3v) is 3.73. The Labute approximate surface area is 149 Å². The molecular formula is C17H16Cl2N2O3. The normalized spacial score (nSPS) is 10.1. The van der Waals surface area contributed by atoms with Crippen molar-refractivity contribution in [2.24, 2.45) is 0 Å². The smallest absolute Gasteiger partial charge is 0.243 e. The van der Waals surface area contributed by atoms with Crippen LogP contribution in [0.1, 0.15) is 6.42 Å². The van der Waals surface area contributed by atoms with Crippen LogP contribution < -0.4 is 15.4 Å². The van der Waals surface area contributed by atoms with Gasteiger partial charge in [-0.3, -0.25) is 9.59 Å². The van der Waals surface area contributed by atoms with Crippen molar-refractivity contribution in [2.75, 3.05) is 18.5 Å². The van der Waals surface area contributed by atoms with Crippen molar-refractivity contribution in [1.29, 1.82) is 0 Å². The maximum absolute atomic E-state index is 11.8. The van der Waals surface area contributed by atoms with Gasteiger partial charge in [0, 0.05) is 5.69 Å². The molecular weight excluding hydrogens is 351 g/mol. The monoisotopic (exact) mass is 366 g/mol. The molecule has 126 valence electrons. The second-order valence-corrected chi connectivity index (χ2v) is 5.68. The first kappa shape index (κ1) is 18.1. The topological polar surface area (TPSA) is 67.4 Å². The largest absolute Gasteiger partial charge is 0.493 e. The van der Waals surface area contributed by atoms with E-state index in [1.165, 1.54) is 6.07 Å². The van der Waals surface area contributed by atoms with Gasteiger partial charge in [0.2, 0.25) is 11.8 Å². The van der Waals surface area contributed by atoms with Crippen LogP contribution in [0.15, 0.2) is 48.5 Å². The van der Waals surface area contributed by atoms with Gasteiger partial charge in [0.25, 0.3) is 0 Å². The molecule has 0 radical (unpaired) electrons. The number of carbonyl (C=O) groups is 2. The van der Waals surface area contributed by atoms with Gasteiger partial charge in [0.1, 0.15) is 5.75 Å². The van der Waals surface area contributed by atoms with Gasteiger partial charge in [-0.05, 0) is 30.3 Å². The van der Waals surface area contributed by atoms with Gasteiger partial charge in [-0.1, -0.05) is 41.4 Å². The van der Waals surface area contributed by atoms with Gasteiger partial charge >= 0.3 is 0 Å². The summed E-state index contributed by atoms with van der Waals surface area (Å²) < 4.78 is 5.41. The Morgan fingerprint density at radius 2 is 1.71 bits per heavy atom. The number of amides is 2. The van der Waals surface area contributed by atoms with E-state index in [1.54, 1.807) is 12.1 Å². The van der Waals surface area contributed by atoms with Crippen LogP contribution in [0, 0.1) is 0 Å². The van der Waals surface area contributed by atoms with E-state index in [9.17, 15) is 9.59 Å². The summed E-state index contributed by atoms with van der Waals surface area (Å²) in [5, 5.41) is 5.89. The number of nitrogens with one attached hydrogen (secondary N) is 2. The van der Waals surface area contributed by atoms with Crippen molar-refractivity contribution < 1.29 is 14.3 Å². The van der Waals surface area contributed by atoms with Crippen molar-refractivity contribution in [3.05, 3.63) is 58.6 Å². The second kappa shape index (κ2) is 9.15. The van der Waals surface area contributed by atoms with Gasteiger partial charge in [-0.15, -0.1) is 0 Å². The maximum atomic E-state index is 11.8. The highest BCUT2D eigenvalue weighted by Crippen LogP contribution is 2.24. The predicted octanol–water partition coefficient (Wildman–Crippen LogP) is 3.52. The zero-order chi connectivity index (χ0) is 17.4. The van der Waals surface area contributed by atoms with Crippen LogP contribution in [0.3, 0.4) is 0 Å². The molecule has 0 atom stereocenters. The third-order valence-electron chi connectivity index (χ3n) is 2.99. The zero-order valence-electron chi connectivity index (χ0n) is 12.7. The number of hydrogen-bond donors (Lipinski definition) is 2. The van der Waals surface area contributed by atoms with Crippen LogP contribution in [0.4, 0.5) is 5.69 Å². The summed E-state index contributed by atoms with van der Waals surface area (Å²) >= 11 is 11.7. The molecule has 0 spiro atoms. The van der Waals surface area contributed by atoms with Crippen LogP contribution in [-0.4, -0.2) is 25.0 Å². The fourth-order valence-corrected chi connectivity index (χ4v) is 2.12. The molecule has 0 unspecified atom stereocenters. The molecule has 0 aromatic heterocycles.